The molecule has 0 saturated carbocycles. The molecule has 0 heterocycles. The number of hydrogen-bond donors (Lipinski definition) is 3. The maximum atomic E-state index is 13.9. The smallest absolute Gasteiger partial charge is 0.325 e. The van der Waals surface area contributed by atoms with Crippen molar-refractivity contribution in [1.82, 2.24) is 10.6 Å². The summed E-state index contributed by atoms with van der Waals surface area (Å²) in [6.45, 7) is 1.40. The van der Waals surface area contributed by atoms with Crippen LogP contribution in [0.5, 0.6) is 0 Å². The molecule has 0 spiro atoms. The van der Waals surface area contributed by atoms with Gasteiger partial charge >= 0.3 is 11.9 Å². The molecule has 2 unspecified atom stereocenters. The van der Waals surface area contributed by atoms with Crippen molar-refractivity contribution in [2.45, 2.75) is 31.8 Å². The Morgan fingerprint density at radius 1 is 0.844 bits per heavy atom. The lowest BCUT2D eigenvalue weighted by Crippen LogP contribution is -2.50. The van der Waals surface area contributed by atoms with Gasteiger partial charge in [0.1, 0.15) is 48.0 Å². The Labute approximate surface area is 268 Å². The van der Waals surface area contributed by atoms with Gasteiger partial charge in [-0.3, -0.25) is 24.0 Å². The molecule has 0 saturated heterocycles. The van der Waals surface area contributed by atoms with Gasteiger partial charge in [0.05, 0.1) is 13.7 Å². The first-order valence-corrected chi connectivity index (χ1v) is 17.4. The van der Waals surface area contributed by atoms with Gasteiger partial charge in [-0.2, -0.15) is 0 Å². The minimum atomic E-state index is -2.47. The molecule has 0 fully saturated rings. The molecule has 12 heteroatoms. The lowest BCUT2D eigenvalue weighted by Gasteiger charge is -2.27. The average Bonchev–Trinajstić information content (AvgIpc) is 3.07. The van der Waals surface area contributed by atoms with Gasteiger partial charge in [-0.25, -0.2) is 0 Å². The fraction of sp³-hybridized carbons (Fsp3) is 0.303. The second-order valence-corrected chi connectivity index (χ2v) is 14.5. The van der Waals surface area contributed by atoms with Gasteiger partial charge in [-0.1, -0.05) is 66.4 Å². The summed E-state index contributed by atoms with van der Waals surface area (Å²) in [6.07, 6.45) is 0.0238. The van der Waals surface area contributed by atoms with Crippen LogP contribution in [0, 0.1) is 0 Å². The molecular formula is C33H39N3O7PS+. The van der Waals surface area contributed by atoms with E-state index in [0.717, 1.165) is 27.7 Å². The number of nitrogens with one attached hydrogen (secondary N) is 2. The summed E-state index contributed by atoms with van der Waals surface area (Å²) in [7, 11) is -1.27. The molecule has 0 aliphatic heterocycles. The Morgan fingerprint density at radius 2 is 1.36 bits per heavy atom. The van der Waals surface area contributed by atoms with Crippen LogP contribution in [-0.4, -0.2) is 73.1 Å². The van der Waals surface area contributed by atoms with Crippen molar-refractivity contribution >= 4 is 63.8 Å². The van der Waals surface area contributed by atoms with Crippen molar-refractivity contribution in [2.24, 2.45) is 5.73 Å². The van der Waals surface area contributed by atoms with E-state index in [-0.39, 0.29) is 36.5 Å². The largest absolute Gasteiger partial charge is 0.468 e. The molecule has 2 amide bonds. The number of methoxy groups -OCH3 is 1. The van der Waals surface area contributed by atoms with Gasteiger partial charge in [-0.05, 0) is 49.7 Å². The molecule has 0 bridgehead atoms. The standard InChI is InChI=1S/C33H38N3O7PS/c1-3-43-30(38)21-35-32(40)28(36-29(37)20-19-27(34)33(41)42-2)23-45-31(39)22-44(24-13-7-4-8-14-24,25-15-9-5-10-16-25)26-17-11-6-12-18-26/h4-18,27-28H,3,19-23,34H2,1-2H3,(H-,35,36,37,40)/p+1. The van der Waals surface area contributed by atoms with Crippen molar-refractivity contribution in [2.75, 3.05) is 32.2 Å². The first kappa shape index (κ1) is 35.4. The molecule has 45 heavy (non-hydrogen) atoms. The van der Waals surface area contributed by atoms with Crippen molar-refractivity contribution < 1.29 is 33.4 Å². The maximum absolute atomic E-state index is 13.9. The summed E-state index contributed by atoms with van der Waals surface area (Å²) in [6, 6.07) is 27.6. The highest BCUT2D eigenvalue weighted by molar-refractivity contribution is 8.15. The Kier molecular flexibility index (Phi) is 14.2. The summed E-state index contributed by atoms with van der Waals surface area (Å²) >= 11 is 0.941. The number of nitrogens with two attached hydrogens (primary N) is 1. The quantitative estimate of drug-likeness (QED) is 0.155. The first-order chi connectivity index (χ1) is 21.7. The third-order valence-electron chi connectivity index (χ3n) is 6.92. The molecule has 3 aromatic rings. The molecule has 3 aromatic carbocycles. The SMILES string of the molecule is CCOC(=O)CNC(=O)C(CSC(=O)C[P+](c1ccccc1)(c1ccccc1)c1ccccc1)NC(=O)CCC(N)C(=O)OC. The van der Waals surface area contributed by atoms with E-state index in [1.165, 1.54) is 7.11 Å². The Hall–Kier alpha value is -4.05. The average molecular weight is 653 g/mol. The Bertz CT molecular complexity index is 1330. The maximum Gasteiger partial charge on any atom is 0.325 e. The zero-order chi connectivity index (χ0) is 32.7. The number of esters is 2. The van der Waals surface area contributed by atoms with Crippen LogP contribution in [0.4, 0.5) is 0 Å². The lowest BCUT2D eigenvalue weighted by atomic mass is 10.1. The van der Waals surface area contributed by atoms with E-state index in [1.807, 2.05) is 91.0 Å². The van der Waals surface area contributed by atoms with E-state index in [1.54, 1.807) is 6.92 Å². The van der Waals surface area contributed by atoms with Crippen LogP contribution in [0.1, 0.15) is 19.8 Å². The Morgan fingerprint density at radius 3 is 1.82 bits per heavy atom. The number of ether oxygens (including phenoxy) is 2. The van der Waals surface area contributed by atoms with Crippen LogP contribution in [0.3, 0.4) is 0 Å². The third kappa shape index (κ3) is 10.2. The molecule has 4 N–H and O–H groups in total. The van der Waals surface area contributed by atoms with E-state index in [9.17, 15) is 24.0 Å². The molecule has 2 atom stereocenters. The van der Waals surface area contributed by atoms with Crippen LogP contribution < -0.4 is 32.3 Å². The topological polar surface area (TPSA) is 154 Å². The fourth-order valence-electron chi connectivity index (χ4n) is 4.68. The predicted molar refractivity (Wildman–Crippen MR) is 178 cm³/mol. The molecular weight excluding hydrogens is 613 g/mol. The third-order valence-corrected chi connectivity index (χ3v) is 12.4. The van der Waals surface area contributed by atoms with Crippen LogP contribution >= 0.6 is 19.0 Å². The van der Waals surface area contributed by atoms with Gasteiger partial charge in [-0.15, -0.1) is 0 Å². The summed E-state index contributed by atoms with van der Waals surface area (Å²) in [5.41, 5.74) is 5.75. The number of rotatable bonds is 16. The monoisotopic (exact) mass is 652 g/mol. The van der Waals surface area contributed by atoms with Gasteiger partial charge < -0.3 is 25.8 Å². The highest BCUT2D eigenvalue weighted by Crippen LogP contribution is 2.55. The molecule has 238 valence electrons. The molecule has 0 aliphatic rings. The number of hydrogen-bond acceptors (Lipinski definition) is 9. The number of carbonyl (C=O) groups is 5. The zero-order valence-corrected chi connectivity index (χ0v) is 27.1. The summed E-state index contributed by atoms with van der Waals surface area (Å²) in [5.74, 6) is -2.56. The number of benzene rings is 3. The molecule has 0 aliphatic carbocycles. The second-order valence-electron chi connectivity index (χ2n) is 9.97. The summed E-state index contributed by atoms with van der Waals surface area (Å²) in [5, 5.41) is 8.04. The van der Waals surface area contributed by atoms with E-state index >= 15 is 0 Å². The van der Waals surface area contributed by atoms with Crippen molar-refractivity contribution in [3.8, 4) is 0 Å². The van der Waals surface area contributed by atoms with Crippen molar-refractivity contribution in [3.63, 3.8) is 0 Å². The first-order valence-electron chi connectivity index (χ1n) is 14.5. The Balaban J connectivity index is 1.84. The number of thioether (sulfide) groups is 1. The zero-order valence-electron chi connectivity index (χ0n) is 25.3. The lowest BCUT2D eigenvalue weighted by molar-refractivity contribution is -0.143. The molecule has 3 rings (SSSR count). The minimum Gasteiger partial charge on any atom is -0.468 e. The van der Waals surface area contributed by atoms with Crippen molar-refractivity contribution in [3.05, 3.63) is 91.0 Å². The highest BCUT2D eigenvalue weighted by Gasteiger charge is 2.47. The van der Waals surface area contributed by atoms with Gasteiger partial charge in [0.25, 0.3) is 0 Å². The van der Waals surface area contributed by atoms with E-state index in [2.05, 4.69) is 15.4 Å². The molecule has 0 radical (unpaired) electrons. The minimum absolute atomic E-state index is 0.0000278. The number of carbonyl (C=O) groups excluding carboxylic acids is 5. The van der Waals surface area contributed by atoms with E-state index < -0.39 is 49.6 Å². The highest BCUT2D eigenvalue weighted by atomic mass is 32.2. The van der Waals surface area contributed by atoms with E-state index in [0.29, 0.717) is 0 Å². The second kappa shape index (κ2) is 18.0. The molecule has 0 aromatic heterocycles. The van der Waals surface area contributed by atoms with Gasteiger partial charge in [0.15, 0.2) is 0 Å². The van der Waals surface area contributed by atoms with Crippen LogP contribution in [0.15, 0.2) is 91.0 Å². The van der Waals surface area contributed by atoms with Crippen LogP contribution in [-0.2, 0) is 33.4 Å². The van der Waals surface area contributed by atoms with Crippen LogP contribution in [0.2, 0.25) is 0 Å². The van der Waals surface area contributed by atoms with Gasteiger partial charge in [0, 0.05) is 12.2 Å². The summed E-state index contributed by atoms with van der Waals surface area (Å²) in [4.78, 5) is 63.2. The number of amides is 2. The van der Waals surface area contributed by atoms with Gasteiger partial charge in [0.2, 0.25) is 16.9 Å². The van der Waals surface area contributed by atoms with E-state index in [4.69, 9.17) is 10.5 Å². The predicted octanol–water partition coefficient (Wildman–Crippen LogP) is 1.68. The van der Waals surface area contributed by atoms with Crippen LogP contribution in [0.25, 0.3) is 0 Å². The fourth-order valence-corrected chi connectivity index (χ4v) is 10.1. The van der Waals surface area contributed by atoms with Crippen molar-refractivity contribution in [1.29, 1.82) is 0 Å². The normalized spacial score (nSPS) is 12.3. The summed E-state index contributed by atoms with van der Waals surface area (Å²) < 4.78 is 9.47. The molecule has 10 nitrogen and oxygen atoms in total.